The van der Waals surface area contributed by atoms with Gasteiger partial charge in [-0.15, -0.1) is 12.4 Å². The molecule has 1 aliphatic heterocycles. The molecule has 1 amide bonds. The van der Waals surface area contributed by atoms with Crippen molar-refractivity contribution in [1.29, 1.82) is 0 Å². The van der Waals surface area contributed by atoms with Crippen LogP contribution in [0.25, 0.3) is 0 Å². The zero-order chi connectivity index (χ0) is 13.1. The van der Waals surface area contributed by atoms with Gasteiger partial charge in [0.25, 0.3) is 0 Å². The number of piperidine rings is 1. The quantitative estimate of drug-likeness (QED) is 0.820. The summed E-state index contributed by atoms with van der Waals surface area (Å²) >= 11 is 0. The molecule has 112 valence electrons. The topological polar surface area (TPSA) is 41.1 Å². The van der Waals surface area contributed by atoms with E-state index in [2.05, 4.69) is 31.4 Å². The Bertz CT molecular complexity index is 288. The third-order valence-electron chi connectivity index (χ3n) is 4.52. The van der Waals surface area contributed by atoms with Gasteiger partial charge in [-0.25, -0.2) is 0 Å². The molecule has 0 bridgehead atoms. The number of halogens is 1. The van der Waals surface area contributed by atoms with Gasteiger partial charge in [-0.3, -0.25) is 4.79 Å². The molecule has 1 saturated carbocycles. The van der Waals surface area contributed by atoms with Crippen molar-refractivity contribution in [3.8, 4) is 0 Å². The van der Waals surface area contributed by atoms with Gasteiger partial charge in [-0.05, 0) is 57.4 Å². The molecule has 1 aliphatic carbocycles. The monoisotopic (exact) mass is 288 g/mol. The second-order valence-corrected chi connectivity index (χ2v) is 6.70. The van der Waals surface area contributed by atoms with E-state index < -0.39 is 0 Å². The number of hydrogen-bond acceptors (Lipinski definition) is 2. The molecule has 0 spiro atoms. The number of amides is 1. The van der Waals surface area contributed by atoms with Gasteiger partial charge < -0.3 is 10.6 Å². The van der Waals surface area contributed by atoms with Crippen LogP contribution in [0.3, 0.4) is 0 Å². The lowest BCUT2D eigenvalue weighted by Gasteiger charge is -2.34. The highest BCUT2D eigenvalue weighted by Crippen LogP contribution is 2.29. The molecule has 2 fully saturated rings. The SMILES string of the molecule is CC1CC(C)CC(NC(=O)[C@H]2CCN[C@@H](C)C2)C1.Cl. The summed E-state index contributed by atoms with van der Waals surface area (Å²) < 4.78 is 0. The predicted molar refractivity (Wildman–Crippen MR) is 81.5 cm³/mol. The number of carbonyl (C=O) groups is 1. The first-order chi connectivity index (χ1) is 8.54. The summed E-state index contributed by atoms with van der Waals surface area (Å²) in [5.41, 5.74) is 0. The average Bonchev–Trinajstić information content (AvgIpc) is 2.27. The molecule has 0 aromatic heterocycles. The minimum Gasteiger partial charge on any atom is -0.353 e. The summed E-state index contributed by atoms with van der Waals surface area (Å²) in [7, 11) is 0. The molecular weight excluding hydrogens is 260 g/mol. The van der Waals surface area contributed by atoms with Crippen molar-refractivity contribution in [3.05, 3.63) is 0 Å². The summed E-state index contributed by atoms with van der Waals surface area (Å²) in [5.74, 6) is 2.04. The molecular formula is C15H29ClN2O. The second-order valence-electron chi connectivity index (χ2n) is 6.70. The van der Waals surface area contributed by atoms with Gasteiger partial charge in [0.15, 0.2) is 0 Å². The Morgan fingerprint density at radius 3 is 2.26 bits per heavy atom. The highest BCUT2D eigenvalue weighted by Gasteiger charge is 2.29. The standard InChI is InChI=1S/C15H28N2O.ClH/c1-10-6-11(2)8-14(7-10)17-15(18)13-4-5-16-12(3)9-13;/h10-14,16H,4-9H2,1-3H3,(H,17,18);1H/t10?,11?,12-,13-,14?;/m0./s1. The van der Waals surface area contributed by atoms with E-state index in [1.807, 2.05) is 0 Å². The summed E-state index contributed by atoms with van der Waals surface area (Å²) in [4.78, 5) is 12.3. The first-order valence-electron chi connectivity index (χ1n) is 7.58. The Labute approximate surface area is 123 Å². The fourth-order valence-corrected chi connectivity index (χ4v) is 3.75. The number of nitrogens with one attached hydrogen (secondary N) is 2. The van der Waals surface area contributed by atoms with Gasteiger partial charge >= 0.3 is 0 Å². The van der Waals surface area contributed by atoms with Gasteiger partial charge in [0.05, 0.1) is 0 Å². The van der Waals surface area contributed by atoms with Crippen molar-refractivity contribution < 1.29 is 4.79 Å². The first kappa shape index (κ1) is 16.8. The van der Waals surface area contributed by atoms with Gasteiger partial charge in [0, 0.05) is 18.0 Å². The third-order valence-corrected chi connectivity index (χ3v) is 4.52. The van der Waals surface area contributed by atoms with Gasteiger partial charge in [0.1, 0.15) is 0 Å². The van der Waals surface area contributed by atoms with E-state index in [-0.39, 0.29) is 18.3 Å². The average molecular weight is 289 g/mol. The summed E-state index contributed by atoms with van der Waals surface area (Å²) in [6.45, 7) is 7.77. The molecule has 1 heterocycles. The van der Waals surface area contributed by atoms with Crippen LogP contribution < -0.4 is 10.6 Å². The highest BCUT2D eigenvalue weighted by molar-refractivity contribution is 5.85. The lowest BCUT2D eigenvalue weighted by molar-refractivity contribution is -0.127. The fraction of sp³-hybridized carbons (Fsp3) is 0.933. The van der Waals surface area contributed by atoms with E-state index in [0.717, 1.165) is 44.1 Å². The third kappa shape index (κ3) is 4.96. The lowest BCUT2D eigenvalue weighted by Crippen LogP contribution is -2.47. The Morgan fingerprint density at radius 2 is 1.68 bits per heavy atom. The van der Waals surface area contributed by atoms with E-state index in [9.17, 15) is 4.79 Å². The molecule has 2 aliphatic rings. The van der Waals surface area contributed by atoms with Crippen LogP contribution in [0.15, 0.2) is 0 Å². The normalized spacial score (nSPS) is 39.2. The van der Waals surface area contributed by atoms with Crippen molar-refractivity contribution >= 4 is 18.3 Å². The van der Waals surface area contributed by atoms with Crippen molar-refractivity contribution in [2.45, 2.75) is 65.0 Å². The maximum Gasteiger partial charge on any atom is 0.223 e. The fourth-order valence-electron chi connectivity index (χ4n) is 3.75. The molecule has 2 rings (SSSR count). The van der Waals surface area contributed by atoms with Crippen LogP contribution in [-0.2, 0) is 4.79 Å². The molecule has 2 unspecified atom stereocenters. The van der Waals surface area contributed by atoms with Crippen molar-refractivity contribution in [2.75, 3.05) is 6.54 Å². The molecule has 0 radical (unpaired) electrons. The molecule has 3 nitrogen and oxygen atoms in total. The van der Waals surface area contributed by atoms with Crippen molar-refractivity contribution in [3.63, 3.8) is 0 Å². The summed E-state index contributed by atoms with van der Waals surface area (Å²) in [6.07, 6.45) is 5.63. The largest absolute Gasteiger partial charge is 0.353 e. The lowest BCUT2D eigenvalue weighted by atomic mass is 9.80. The van der Waals surface area contributed by atoms with Crippen LogP contribution in [0.1, 0.15) is 52.9 Å². The van der Waals surface area contributed by atoms with E-state index >= 15 is 0 Å². The highest BCUT2D eigenvalue weighted by atomic mass is 35.5. The van der Waals surface area contributed by atoms with Crippen LogP contribution in [0.5, 0.6) is 0 Å². The zero-order valence-electron chi connectivity index (χ0n) is 12.4. The summed E-state index contributed by atoms with van der Waals surface area (Å²) in [6, 6.07) is 0.903. The Balaban J connectivity index is 0.00000180. The van der Waals surface area contributed by atoms with Crippen LogP contribution in [0.2, 0.25) is 0 Å². The molecule has 4 atom stereocenters. The first-order valence-corrected chi connectivity index (χ1v) is 7.58. The van der Waals surface area contributed by atoms with Crippen molar-refractivity contribution in [1.82, 2.24) is 10.6 Å². The van der Waals surface area contributed by atoms with Crippen LogP contribution in [0.4, 0.5) is 0 Å². The molecule has 19 heavy (non-hydrogen) atoms. The molecule has 1 saturated heterocycles. The molecule has 0 aromatic carbocycles. The number of hydrogen-bond donors (Lipinski definition) is 2. The van der Waals surface area contributed by atoms with Crippen LogP contribution in [0, 0.1) is 17.8 Å². The minimum atomic E-state index is 0. The van der Waals surface area contributed by atoms with Crippen LogP contribution >= 0.6 is 12.4 Å². The predicted octanol–water partition coefficient (Wildman–Crippen LogP) is 2.74. The smallest absolute Gasteiger partial charge is 0.223 e. The van der Waals surface area contributed by atoms with Gasteiger partial charge in [-0.1, -0.05) is 13.8 Å². The number of carbonyl (C=O) groups excluding carboxylic acids is 1. The molecule has 4 heteroatoms. The molecule has 2 N–H and O–H groups in total. The van der Waals surface area contributed by atoms with E-state index in [0.29, 0.717) is 18.0 Å². The maximum atomic E-state index is 12.3. The van der Waals surface area contributed by atoms with Gasteiger partial charge in [0.2, 0.25) is 5.91 Å². The summed E-state index contributed by atoms with van der Waals surface area (Å²) in [5, 5.41) is 6.71. The maximum absolute atomic E-state index is 12.3. The Morgan fingerprint density at radius 1 is 1.05 bits per heavy atom. The van der Waals surface area contributed by atoms with Crippen LogP contribution in [-0.4, -0.2) is 24.5 Å². The van der Waals surface area contributed by atoms with Gasteiger partial charge in [-0.2, -0.15) is 0 Å². The molecule has 0 aromatic rings. The number of rotatable bonds is 2. The Hall–Kier alpha value is -0.280. The Kier molecular flexibility index (Phi) is 6.61. The zero-order valence-corrected chi connectivity index (χ0v) is 13.3. The van der Waals surface area contributed by atoms with E-state index in [4.69, 9.17) is 0 Å². The minimum absolute atomic E-state index is 0. The second kappa shape index (κ2) is 7.49. The van der Waals surface area contributed by atoms with E-state index in [1.165, 1.54) is 6.42 Å². The van der Waals surface area contributed by atoms with Crippen molar-refractivity contribution in [2.24, 2.45) is 17.8 Å². The van der Waals surface area contributed by atoms with E-state index in [1.54, 1.807) is 0 Å².